The Labute approximate surface area is 102 Å². The Morgan fingerprint density at radius 1 is 1.17 bits per heavy atom. The molecule has 18 heavy (non-hydrogen) atoms. The molecular weight excluding hydrogens is 243 g/mol. The van der Waals surface area contributed by atoms with Gasteiger partial charge in [-0.1, -0.05) is 0 Å². The summed E-state index contributed by atoms with van der Waals surface area (Å²) >= 11 is 0. The maximum atomic E-state index is 13.1. The Bertz CT molecular complexity index is 549. The summed E-state index contributed by atoms with van der Waals surface area (Å²) in [6.07, 6.45) is 1.48. The number of aromatic nitrogens is 2. The van der Waals surface area contributed by atoms with Gasteiger partial charge < -0.3 is 5.32 Å². The molecule has 0 amide bonds. The quantitative estimate of drug-likeness (QED) is 0.853. The van der Waals surface area contributed by atoms with Crippen molar-refractivity contribution in [3.05, 3.63) is 47.5 Å². The molecule has 94 valence electrons. The van der Waals surface area contributed by atoms with Crippen LogP contribution in [0.2, 0.25) is 0 Å². The van der Waals surface area contributed by atoms with Gasteiger partial charge in [0.15, 0.2) is 23.3 Å². The molecule has 0 saturated heterocycles. The van der Waals surface area contributed by atoms with E-state index in [0.717, 1.165) is 12.1 Å². The fourth-order valence-electron chi connectivity index (χ4n) is 1.50. The van der Waals surface area contributed by atoms with Gasteiger partial charge in [0.1, 0.15) is 0 Å². The third-order valence-electron chi connectivity index (χ3n) is 2.31. The molecule has 2 aromatic rings. The zero-order chi connectivity index (χ0) is 13.1. The first-order chi connectivity index (χ1) is 8.61. The van der Waals surface area contributed by atoms with Crippen LogP contribution < -0.4 is 5.32 Å². The average molecular weight is 253 g/mol. The van der Waals surface area contributed by atoms with Crippen molar-refractivity contribution < 1.29 is 13.2 Å². The largest absolute Gasteiger partial charge is 0.314 e. The van der Waals surface area contributed by atoms with Gasteiger partial charge in [0, 0.05) is 18.3 Å². The number of hydrogen-bond acceptors (Lipinski definition) is 3. The van der Waals surface area contributed by atoms with Gasteiger partial charge in [0.05, 0.1) is 5.69 Å². The lowest BCUT2D eigenvalue weighted by atomic mass is 10.2. The molecule has 0 radical (unpaired) electrons. The van der Waals surface area contributed by atoms with Gasteiger partial charge in [-0.3, -0.25) is 0 Å². The Morgan fingerprint density at radius 2 is 1.83 bits per heavy atom. The second kappa shape index (κ2) is 5.14. The van der Waals surface area contributed by atoms with Crippen LogP contribution >= 0.6 is 0 Å². The van der Waals surface area contributed by atoms with E-state index in [9.17, 15) is 13.2 Å². The van der Waals surface area contributed by atoms with Gasteiger partial charge in [-0.15, -0.1) is 0 Å². The van der Waals surface area contributed by atoms with Gasteiger partial charge in [-0.2, -0.15) is 0 Å². The minimum absolute atomic E-state index is 0.101. The molecule has 2 rings (SSSR count). The zero-order valence-electron chi connectivity index (χ0n) is 9.54. The van der Waals surface area contributed by atoms with Gasteiger partial charge in [-0.05, 0) is 25.2 Å². The summed E-state index contributed by atoms with van der Waals surface area (Å²) in [5.74, 6) is -3.86. The van der Waals surface area contributed by atoms with Crippen LogP contribution in [-0.2, 0) is 6.54 Å². The highest BCUT2D eigenvalue weighted by Crippen LogP contribution is 2.20. The Balaban J connectivity index is 2.45. The first-order valence-corrected chi connectivity index (χ1v) is 5.23. The lowest BCUT2D eigenvalue weighted by Gasteiger charge is -2.04. The van der Waals surface area contributed by atoms with E-state index >= 15 is 0 Å². The van der Waals surface area contributed by atoms with Crippen LogP contribution in [0.15, 0.2) is 24.4 Å². The Kier molecular flexibility index (Phi) is 3.57. The molecule has 0 unspecified atom stereocenters. The summed E-state index contributed by atoms with van der Waals surface area (Å²) < 4.78 is 39.0. The molecule has 1 N–H and O–H groups in total. The second-order valence-electron chi connectivity index (χ2n) is 3.66. The Hall–Kier alpha value is -1.95. The van der Waals surface area contributed by atoms with Crippen LogP contribution in [0.5, 0.6) is 0 Å². The maximum Gasteiger partial charge on any atom is 0.194 e. The fraction of sp³-hybridized carbons (Fsp3) is 0.167. The van der Waals surface area contributed by atoms with Crippen molar-refractivity contribution in [3.63, 3.8) is 0 Å². The number of nitrogens with zero attached hydrogens (tertiary/aromatic N) is 2. The smallest absolute Gasteiger partial charge is 0.194 e. The summed E-state index contributed by atoms with van der Waals surface area (Å²) in [6.45, 7) is 0.502. The van der Waals surface area contributed by atoms with Crippen molar-refractivity contribution in [2.75, 3.05) is 7.05 Å². The average Bonchev–Trinajstić information content (AvgIpc) is 2.36. The predicted molar refractivity (Wildman–Crippen MR) is 60.1 cm³/mol. The van der Waals surface area contributed by atoms with E-state index in [1.54, 1.807) is 13.1 Å². The van der Waals surface area contributed by atoms with Crippen LogP contribution in [0.1, 0.15) is 5.69 Å². The second-order valence-corrected chi connectivity index (χ2v) is 3.66. The van der Waals surface area contributed by atoms with E-state index in [1.807, 2.05) is 0 Å². The standard InChI is InChI=1S/C12H10F3N3/c1-16-6-8-2-3-17-12(18-8)7-4-9(13)11(15)10(14)5-7/h2-5,16H,6H2,1H3. The molecule has 0 aliphatic heterocycles. The molecule has 0 aliphatic rings. The number of nitrogens with one attached hydrogen (secondary N) is 1. The first-order valence-electron chi connectivity index (χ1n) is 5.23. The van der Waals surface area contributed by atoms with Crippen LogP contribution in [0.3, 0.4) is 0 Å². The SMILES string of the molecule is CNCc1ccnc(-c2cc(F)c(F)c(F)c2)n1. The minimum atomic E-state index is -1.50. The topological polar surface area (TPSA) is 37.8 Å². The van der Waals surface area contributed by atoms with Crippen molar-refractivity contribution in [2.45, 2.75) is 6.54 Å². The van der Waals surface area contributed by atoms with E-state index < -0.39 is 17.5 Å². The fourth-order valence-corrected chi connectivity index (χ4v) is 1.50. The van der Waals surface area contributed by atoms with Crippen molar-refractivity contribution in [1.82, 2.24) is 15.3 Å². The van der Waals surface area contributed by atoms with E-state index in [4.69, 9.17) is 0 Å². The minimum Gasteiger partial charge on any atom is -0.314 e. The van der Waals surface area contributed by atoms with Crippen LogP contribution in [0.4, 0.5) is 13.2 Å². The highest BCUT2D eigenvalue weighted by Gasteiger charge is 2.13. The van der Waals surface area contributed by atoms with E-state index in [-0.39, 0.29) is 11.4 Å². The molecule has 0 fully saturated rings. The molecule has 0 saturated carbocycles. The van der Waals surface area contributed by atoms with E-state index in [2.05, 4.69) is 15.3 Å². The van der Waals surface area contributed by atoms with E-state index in [0.29, 0.717) is 12.2 Å². The molecule has 0 spiro atoms. The summed E-state index contributed by atoms with van der Waals surface area (Å²) in [7, 11) is 1.75. The van der Waals surface area contributed by atoms with Crippen molar-refractivity contribution >= 4 is 0 Å². The van der Waals surface area contributed by atoms with Crippen LogP contribution in [0.25, 0.3) is 11.4 Å². The summed E-state index contributed by atoms with van der Waals surface area (Å²) in [6, 6.07) is 3.42. The lowest BCUT2D eigenvalue weighted by molar-refractivity contribution is 0.447. The normalized spacial score (nSPS) is 10.7. The lowest BCUT2D eigenvalue weighted by Crippen LogP contribution is -2.07. The zero-order valence-corrected chi connectivity index (χ0v) is 9.54. The molecule has 3 nitrogen and oxygen atoms in total. The van der Waals surface area contributed by atoms with Crippen LogP contribution in [-0.4, -0.2) is 17.0 Å². The van der Waals surface area contributed by atoms with Crippen molar-refractivity contribution in [2.24, 2.45) is 0 Å². The number of benzene rings is 1. The van der Waals surface area contributed by atoms with Gasteiger partial charge in [-0.25, -0.2) is 23.1 Å². The third-order valence-corrected chi connectivity index (χ3v) is 2.31. The predicted octanol–water partition coefficient (Wildman–Crippen LogP) is 2.28. The molecule has 6 heteroatoms. The Morgan fingerprint density at radius 3 is 2.44 bits per heavy atom. The van der Waals surface area contributed by atoms with Crippen LogP contribution in [0, 0.1) is 17.5 Å². The molecule has 1 aromatic heterocycles. The molecule has 1 aromatic carbocycles. The van der Waals surface area contributed by atoms with Gasteiger partial charge >= 0.3 is 0 Å². The summed E-state index contributed by atoms with van der Waals surface area (Å²) in [5.41, 5.74) is 0.775. The number of hydrogen-bond donors (Lipinski definition) is 1. The number of rotatable bonds is 3. The monoisotopic (exact) mass is 253 g/mol. The third kappa shape index (κ3) is 2.48. The highest BCUT2D eigenvalue weighted by atomic mass is 19.2. The van der Waals surface area contributed by atoms with Crippen molar-refractivity contribution in [1.29, 1.82) is 0 Å². The van der Waals surface area contributed by atoms with E-state index in [1.165, 1.54) is 6.20 Å². The number of halogens is 3. The van der Waals surface area contributed by atoms with Gasteiger partial charge in [0.25, 0.3) is 0 Å². The molecule has 0 bridgehead atoms. The molecular formula is C12H10F3N3. The highest BCUT2D eigenvalue weighted by molar-refractivity contribution is 5.55. The van der Waals surface area contributed by atoms with Gasteiger partial charge in [0.2, 0.25) is 0 Å². The first kappa shape index (κ1) is 12.5. The van der Waals surface area contributed by atoms with Crippen molar-refractivity contribution in [3.8, 4) is 11.4 Å². The maximum absolute atomic E-state index is 13.1. The summed E-state index contributed by atoms with van der Waals surface area (Å²) in [4.78, 5) is 8.02. The molecule has 0 aliphatic carbocycles. The molecule has 1 heterocycles. The molecule has 0 atom stereocenters. The summed E-state index contributed by atoms with van der Waals surface area (Å²) in [5, 5.41) is 2.90.